The molecule has 0 radical (unpaired) electrons. The highest BCUT2D eigenvalue weighted by Crippen LogP contribution is 2.10. The number of carbonyl (C=O) groups excluding carboxylic acids is 2. The van der Waals surface area contributed by atoms with Crippen molar-refractivity contribution in [1.82, 2.24) is 0 Å². The summed E-state index contributed by atoms with van der Waals surface area (Å²) in [5.74, 6) is -0.793. The zero-order chi connectivity index (χ0) is 12.8. The highest BCUT2D eigenvalue weighted by atomic mass is 16.5. The lowest BCUT2D eigenvalue weighted by atomic mass is 10.1. The standard InChI is InChI=1S/C13H17NO3/c1-4-11-5-7-12(8-6-11)14-13(16)9(2)17-10(3)15/h5-9H,4H2,1-3H3,(H,14,16)/t9-/m1/s1. The third kappa shape index (κ3) is 4.26. The van der Waals surface area contributed by atoms with E-state index in [9.17, 15) is 9.59 Å². The average molecular weight is 235 g/mol. The topological polar surface area (TPSA) is 55.4 Å². The molecule has 0 bridgehead atoms. The minimum Gasteiger partial charge on any atom is -0.453 e. The Labute approximate surface area is 101 Å². The Bertz CT molecular complexity index is 398. The first-order chi connectivity index (χ1) is 8.02. The van der Waals surface area contributed by atoms with Crippen LogP contribution in [0.15, 0.2) is 24.3 Å². The number of esters is 1. The van der Waals surface area contributed by atoms with E-state index in [-0.39, 0.29) is 5.91 Å². The van der Waals surface area contributed by atoms with E-state index in [2.05, 4.69) is 12.2 Å². The molecule has 0 aromatic heterocycles. The first kappa shape index (κ1) is 13.2. The predicted molar refractivity (Wildman–Crippen MR) is 65.7 cm³/mol. The summed E-state index contributed by atoms with van der Waals surface area (Å²) < 4.78 is 4.78. The van der Waals surface area contributed by atoms with E-state index in [1.54, 1.807) is 0 Å². The molecule has 1 aromatic rings. The van der Waals surface area contributed by atoms with Crippen LogP contribution < -0.4 is 5.32 Å². The Hall–Kier alpha value is -1.84. The number of hydrogen-bond acceptors (Lipinski definition) is 3. The van der Waals surface area contributed by atoms with Gasteiger partial charge in [-0.2, -0.15) is 0 Å². The maximum Gasteiger partial charge on any atom is 0.303 e. The largest absolute Gasteiger partial charge is 0.453 e. The van der Waals surface area contributed by atoms with Crippen molar-refractivity contribution in [3.63, 3.8) is 0 Å². The molecule has 0 unspecified atom stereocenters. The Kier molecular flexibility index (Phi) is 4.69. The third-order valence-electron chi connectivity index (χ3n) is 2.34. The van der Waals surface area contributed by atoms with Crippen LogP contribution in [0.5, 0.6) is 0 Å². The lowest BCUT2D eigenvalue weighted by Crippen LogP contribution is -2.29. The number of nitrogens with one attached hydrogen (secondary N) is 1. The van der Waals surface area contributed by atoms with Crippen LogP contribution in [0.3, 0.4) is 0 Å². The maximum atomic E-state index is 11.6. The normalized spacial score (nSPS) is 11.7. The quantitative estimate of drug-likeness (QED) is 0.813. The number of carbonyl (C=O) groups is 2. The van der Waals surface area contributed by atoms with E-state index in [4.69, 9.17) is 4.74 Å². The van der Waals surface area contributed by atoms with E-state index in [0.717, 1.165) is 6.42 Å². The van der Waals surface area contributed by atoms with Crippen LogP contribution in [0.25, 0.3) is 0 Å². The maximum absolute atomic E-state index is 11.6. The van der Waals surface area contributed by atoms with Gasteiger partial charge in [0.25, 0.3) is 5.91 Å². The lowest BCUT2D eigenvalue weighted by Gasteiger charge is -2.12. The van der Waals surface area contributed by atoms with Crippen molar-refractivity contribution in [3.8, 4) is 0 Å². The average Bonchev–Trinajstić information content (AvgIpc) is 2.29. The minimum atomic E-state index is -0.779. The fraction of sp³-hybridized carbons (Fsp3) is 0.385. The summed E-state index contributed by atoms with van der Waals surface area (Å²) in [6.45, 7) is 4.88. The summed E-state index contributed by atoms with van der Waals surface area (Å²) in [7, 11) is 0. The molecule has 0 saturated heterocycles. The van der Waals surface area contributed by atoms with Crippen molar-refractivity contribution >= 4 is 17.6 Å². The van der Waals surface area contributed by atoms with E-state index in [0.29, 0.717) is 5.69 Å². The molecule has 4 heteroatoms. The van der Waals surface area contributed by atoms with Crippen LogP contribution in [0, 0.1) is 0 Å². The summed E-state index contributed by atoms with van der Waals surface area (Å²) in [6, 6.07) is 7.56. The first-order valence-electron chi connectivity index (χ1n) is 5.60. The zero-order valence-electron chi connectivity index (χ0n) is 10.3. The molecule has 1 atom stereocenters. The number of aryl methyl sites for hydroxylation is 1. The molecule has 0 aliphatic rings. The molecular weight excluding hydrogens is 218 g/mol. The number of amides is 1. The highest BCUT2D eigenvalue weighted by molar-refractivity contribution is 5.94. The van der Waals surface area contributed by atoms with Crippen molar-refractivity contribution in [2.45, 2.75) is 33.3 Å². The molecule has 0 heterocycles. The van der Waals surface area contributed by atoms with E-state index in [1.807, 2.05) is 24.3 Å². The molecule has 1 rings (SSSR count). The molecule has 0 saturated carbocycles. The van der Waals surface area contributed by atoms with Crippen LogP contribution in [-0.2, 0) is 20.7 Å². The second-order valence-corrected chi connectivity index (χ2v) is 3.79. The van der Waals surface area contributed by atoms with E-state index < -0.39 is 12.1 Å². The number of benzene rings is 1. The van der Waals surface area contributed by atoms with Gasteiger partial charge in [-0.3, -0.25) is 9.59 Å². The van der Waals surface area contributed by atoms with Crippen LogP contribution in [-0.4, -0.2) is 18.0 Å². The van der Waals surface area contributed by atoms with Gasteiger partial charge in [-0.25, -0.2) is 0 Å². The fourth-order valence-electron chi connectivity index (χ4n) is 1.37. The van der Waals surface area contributed by atoms with Gasteiger partial charge in [-0.1, -0.05) is 19.1 Å². The molecule has 4 nitrogen and oxygen atoms in total. The lowest BCUT2D eigenvalue weighted by molar-refractivity contribution is -0.150. The van der Waals surface area contributed by atoms with Crippen LogP contribution >= 0.6 is 0 Å². The van der Waals surface area contributed by atoms with Crippen molar-refractivity contribution in [2.24, 2.45) is 0 Å². The fourth-order valence-corrected chi connectivity index (χ4v) is 1.37. The Balaban J connectivity index is 2.58. The summed E-state index contributed by atoms with van der Waals surface area (Å²) in [4.78, 5) is 22.3. The van der Waals surface area contributed by atoms with Gasteiger partial charge < -0.3 is 10.1 Å². The van der Waals surface area contributed by atoms with Gasteiger partial charge in [0, 0.05) is 12.6 Å². The number of anilines is 1. The summed E-state index contributed by atoms with van der Waals surface area (Å²) in [5, 5.41) is 2.68. The molecule has 1 aromatic carbocycles. The van der Waals surface area contributed by atoms with Crippen molar-refractivity contribution in [1.29, 1.82) is 0 Å². The number of ether oxygens (including phenoxy) is 1. The van der Waals surface area contributed by atoms with Crippen molar-refractivity contribution < 1.29 is 14.3 Å². The Morgan fingerprint density at radius 3 is 2.35 bits per heavy atom. The van der Waals surface area contributed by atoms with Crippen LogP contribution in [0.4, 0.5) is 5.69 Å². The predicted octanol–water partition coefficient (Wildman–Crippen LogP) is 2.14. The van der Waals surface area contributed by atoms with Gasteiger partial charge in [0.2, 0.25) is 0 Å². The second kappa shape index (κ2) is 6.03. The minimum absolute atomic E-state index is 0.329. The molecule has 0 spiro atoms. The van der Waals surface area contributed by atoms with Gasteiger partial charge in [0.05, 0.1) is 0 Å². The molecule has 1 N–H and O–H groups in total. The second-order valence-electron chi connectivity index (χ2n) is 3.79. The molecule has 0 fully saturated rings. The van der Waals surface area contributed by atoms with Crippen LogP contribution in [0.2, 0.25) is 0 Å². The van der Waals surface area contributed by atoms with E-state index in [1.165, 1.54) is 19.4 Å². The molecule has 0 aliphatic carbocycles. The molecule has 17 heavy (non-hydrogen) atoms. The zero-order valence-corrected chi connectivity index (χ0v) is 10.3. The van der Waals surface area contributed by atoms with Crippen molar-refractivity contribution in [3.05, 3.63) is 29.8 Å². The SMILES string of the molecule is CCc1ccc(NC(=O)[C@@H](C)OC(C)=O)cc1. The summed E-state index contributed by atoms with van der Waals surface area (Å²) in [6.07, 6.45) is 0.177. The first-order valence-corrected chi connectivity index (χ1v) is 5.60. The Morgan fingerprint density at radius 1 is 1.29 bits per heavy atom. The summed E-state index contributed by atoms with van der Waals surface area (Å²) >= 11 is 0. The van der Waals surface area contributed by atoms with Gasteiger partial charge in [-0.15, -0.1) is 0 Å². The highest BCUT2D eigenvalue weighted by Gasteiger charge is 2.15. The van der Waals surface area contributed by atoms with Gasteiger partial charge >= 0.3 is 5.97 Å². The molecular formula is C13H17NO3. The van der Waals surface area contributed by atoms with Gasteiger partial charge in [0.1, 0.15) is 0 Å². The molecule has 92 valence electrons. The monoisotopic (exact) mass is 235 g/mol. The van der Waals surface area contributed by atoms with Crippen LogP contribution in [0.1, 0.15) is 26.3 Å². The molecule has 1 amide bonds. The third-order valence-corrected chi connectivity index (χ3v) is 2.34. The number of rotatable bonds is 4. The summed E-state index contributed by atoms with van der Waals surface area (Å²) in [5.41, 5.74) is 1.90. The number of hydrogen-bond donors (Lipinski definition) is 1. The van der Waals surface area contributed by atoms with E-state index >= 15 is 0 Å². The molecule has 0 aliphatic heterocycles. The smallest absolute Gasteiger partial charge is 0.303 e. The van der Waals surface area contributed by atoms with Crippen molar-refractivity contribution in [2.75, 3.05) is 5.32 Å². The van der Waals surface area contributed by atoms with Gasteiger partial charge in [-0.05, 0) is 31.0 Å². The van der Waals surface area contributed by atoms with Gasteiger partial charge in [0.15, 0.2) is 6.10 Å². The Morgan fingerprint density at radius 2 is 1.88 bits per heavy atom.